The Bertz CT molecular complexity index is 212. The molecule has 0 fully saturated rings. The molecular weight excluding hydrogens is 147 g/mol. The summed E-state index contributed by atoms with van der Waals surface area (Å²) < 4.78 is 0. The van der Waals surface area contributed by atoms with Crippen molar-refractivity contribution < 1.29 is 4.79 Å². The standard InChI is InChI=1S/C6H6N2O.H3P/c7-6(9)5-2-1-3-8-4-5;/h1-4H,(H2,7,9);1H3. The van der Waals surface area contributed by atoms with Crippen LogP contribution in [0.15, 0.2) is 24.5 Å². The molecule has 0 aliphatic rings. The fourth-order valence-electron chi connectivity index (χ4n) is 0.509. The quantitative estimate of drug-likeness (QED) is 0.592. The van der Waals surface area contributed by atoms with Crippen molar-refractivity contribution in [2.45, 2.75) is 0 Å². The first kappa shape index (κ1) is 9.05. The minimum atomic E-state index is -0.442. The SMILES string of the molecule is NC(=O)c1cccnc1.P. The number of nitrogens with two attached hydrogens (primary N) is 1. The van der Waals surface area contributed by atoms with E-state index < -0.39 is 5.91 Å². The van der Waals surface area contributed by atoms with Crippen molar-refractivity contribution in [2.75, 3.05) is 0 Å². The first-order valence-electron chi connectivity index (χ1n) is 2.50. The molecule has 0 radical (unpaired) electrons. The number of rotatable bonds is 1. The molecule has 2 N–H and O–H groups in total. The molecule has 0 aromatic carbocycles. The van der Waals surface area contributed by atoms with Gasteiger partial charge in [-0.3, -0.25) is 9.78 Å². The smallest absolute Gasteiger partial charge is 0.250 e. The second-order valence-electron chi connectivity index (χ2n) is 1.61. The summed E-state index contributed by atoms with van der Waals surface area (Å²) in [7, 11) is 0. The summed E-state index contributed by atoms with van der Waals surface area (Å²) in [5.74, 6) is -0.442. The average molecular weight is 156 g/mol. The van der Waals surface area contributed by atoms with Crippen LogP contribution in [0.5, 0.6) is 0 Å². The summed E-state index contributed by atoms with van der Waals surface area (Å²) in [6.45, 7) is 0. The lowest BCUT2D eigenvalue weighted by atomic mass is 10.3. The van der Waals surface area contributed by atoms with Gasteiger partial charge >= 0.3 is 0 Å². The van der Waals surface area contributed by atoms with Gasteiger partial charge in [-0.25, -0.2) is 0 Å². The molecule has 3 nitrogen and oxygen atoms in total. The Hall–Kier alpha value is -0.950. The molecule has 0 saturated carbocycles. The molecular formula is C6H9N2OP. The van der Waals surface area contributed by atoms with Crippen molar-refractivity contribution in [2.24, 2.45) is 5.73 Å². The van der Waals surface area contributed by atoms with Gasteiger partial charge in [0.25, 0.3) is 0 Å². The van der Waals surface area contributed by atoms with Gasteiger partial charge in [-0.2, -0.15) is 9.90 Å². The van der Waals surface area contributed by atoms with Crippen LogP contribution in [0.3, 0.4) is 0 Å². The van der Waals surface area contributed by atoms with Crippen LogP contribution in [0.2, 0.25) is 0 Å². The number of pyridine rings is 1. The lowest BCUT2D eigenvalue weighted by Gasteiger charge is -1.88. The maximum absolute atomic E-state index is 10.4. The van der Waals surface area contributed by atoms with Crippen LogP contribution in [0.25, 0.3) is 0 Å². The van der Waals surface area contributed by atoms with E-state index in [0.717, 1.165) is 0 Å². The Balaban J connectivity index is 0.000000810. The molecule has 1 unspecified atom stereocenters. The van der Waals surface area contributed by atoms with Gasteiger partial charge in [0.05, 0.1) is 5.56 Å². The van der Waals surface area contributed by atoms with Crippen LogP contribution in [0, 0.1) is 0 Å². The van der Waals surface area contributed by atoms with Gasteiger partial charge in [-0.05, 0) is 12.1 Å². The van der Waals surface area contributed by atoms with Gasteiger partial charge in [-0.1, -0.05) is 0 Å². The molecule has 1 amide bonds. The highest BCUT2D eigenvalue weighted by Crippen LogP contribution is 1.91. The van der Waals surface area contributed by atoms with Gasteiger partial charge in [0, 0.05) is 12.4 Å². The third-order valence-electron chi connectivity index (χ3n) is 0.946. The molecule has 54 valence electrons. The maximum atomic E-state index is 10.4. The number of nitrogens with zero attached hydrogens (tertiary/aromatic N) is 1. The second kappa shape index (κ2) is 3.96. The van der Waals surface area contributed by atoms with Crippen molar-refractivity contribution in [1.29, 1.82) is 0 Å². The molecule has 0 spiro atoms. The van der Waals surface area contributed by atoms with E-state index in [1.807, 2.05) is 0 Å². The predicted octanol–water partition coefficient (Wildman–Crippen LogP) is 0.239. The Labute approximate surface area is 62.3 Å². The third kappa shape index (κ3) is 2.11. The molecule has 1 heterocycles. The predicted molar refractivity (Wildman–Crippen MR) is 43.9 cm³/mol. The molecule has 4 heteroatoms. The van der Waals surface area contributed by atoms with Crippen molar-refractivity contribution in [3.05, 3.63) is 30.1 Å². The minimum absolute atomic E-state index is 0. The number of primary amides is 1. The zero-order chi connectivity index (χ0) is 6.69. The van der Waals surface area contributed by atoms with E-state index in [-0.39, 0.29) is 9.90 Å². The molecule has 0 bridgehead atoms. The van der Waals surface area contributed by atoms with E-state index >= 15 is 0 Å². The third-order valence-corrected chi connectivity index (χ3v) is 0.946. The number of amides is 1. The largest absolute Gasteiger partial charge is 0.366 e. The van der Waals surface area contributed by atoms with Crippen molar-refractivity contribution in [3.8, 4) is 0 Å². The Kier molecular flexibility index (Phi) is 3.59. The maximum Gasteiger partial charge on any atom is 0.250 e. The molecule has 0 saturated heterocycles. The fraction of sp³-hybridized carbons (Fsp3) is 0. The van der Waals surface area contributed by atoms with E-state index in [0.29, 0.717) is 5.56 Å². The first-order chi connectivity index (χ1) is 4.30. The minimum Gasteiger partial charge on any atom is -0.366 e. The Morgan fingerprint density at radius 3 is 2.60 bits per heavy atom. The molecule has 0 aliphatic carbocycles. The number of carbonyl (C=O) groups excluding carboxylic acids is 1. The second-order valence-corrected chi connectivity index (χ2v) is 1.61. The summed E-state index contributed by atoms with van der Waals surface area (Å²) in [5.41, 5.74) is 5.38. The van der Waals surface area contributed by atoms with E-state index in [4.69, 9.17) is 5.73 Å². The highest BCUT2D eigenvalue weighted by molar-refractivity contribution is 6.92. The summed E-state index contributed by atoms with van der Waals surface area (Å²) in [6.07, 6.45) is 3.02. The average Bonchev–Trinajstić information content (AvgIpc) is 1.90. The lowest BCUT2D eigenvalue weighted by Crippen LogP contribution is -2.10. The molecule has 0 aliphatic heterocycles. The van der Waals surface area contributed by atoms with Crippen LogP contribution < -0.4 is 5.73 Å². The van der Waals surface area contributed by atoms with Gasteiger partial charge in [-0.15, -0.1) is 0 Å². The Morgan fingerprint density at radius 2 is 2.30 bits per heavy atom. The number of carbonyl (C=O) groups is 1. The molecule has 1 aromatic heterocycles. The van der Waals surface area contributed by atoms with E-state index in [2.05, 4.69) is 4.98 Å². The molecule has 1 aromatic rings. The Morgan fingerprint density at radius 1 is 1.60 bits per heavy atom. The van der Waals surface area contributed by atoms with Crippen LogP contribution in [0.4, 0.5) is 0 Å². The van der Waals surface area contributed by atoms with Gasteiger partial charge in [0.2, 0.25) is 5.91 Å². The zero-order valence-corrected chi connectivity index (χ0v) is 6.86. The highest BCUT2D eigenvalue weighted by atomic mass is 31.0. The number of hydrogen-bond acceptors (Lipinski definition) is 2. The monoisotopic (exact) mass is 156 g/mol. The normalized spacial score (nSPS) is 8.00. The van der Waals surface area contributed by atoms with Gasteiger partial charge < -0.3 is 5.73 Å². The van der Waals surface area contributed by atoms with Crippen molar-refractivity contribution in [3.63, 3.8) is 0 Å². The number of hydrogen-bond donors (Lipinski definition) is 1. The van der Waals surface area contributed by atoms with Crippen LogP contribution in [0.1, 0.15) is 10.4 Å². The molecule has 10 heavy (non-hydrogen) atoms. The fourth-order valence-corrected chi connectivity index (χ4v) is 0.509. The van der Waals surface area contributed by atoms with E-state index in [9.17, 15) is 4.79 Å². The summed E-state index contributed by atoms with van der Waals surface area (Å²) in [6, 6.07) is 3.29. The van der Waals surface area contributed by atoms with Crippen LogP contribution in [-0.2, 0) is 0 Å². The first-order valence-corrected chi connectivity index (χ1v) is 2.50. The summed E-state index contributed by atoms with van der Waals surface area (Å²) in [5, 5.41) is 0. The van der Waals surface area contributed by atoms with E-state index in [1.54, 1.807) is 18.3 Å². The van der Waals surface area contributed by atoms with E-state index in [1.165, 1.54) is 6.20 Å². The van der Waals surface area contributed by atoms with Crippen LogP contribution >= 0.6 is 9.90 Å². The van der Waals surface area contributed by atoms with Gasteiger partial charge in [0.1, 0.15) is 0 Å². The highest BCUT2D eigenvalue weighted by Gasteiger charge is 1.94. The van der Waals surface area contributed by atoms with Gasteiger partial charge in [0.15, 0.2) is 0 Å². The van der Waals surface area contributed by atoms with Crippen molar-refractivity contribution >= 4 is 15.8 Å². The topological polar surface area (TPSA) is 56.0 Å². The molecule has 1 atom stereocenters. The van der Waals surface area contributed by atoms with Crippen molar-refractivity contribution in [1.82, 2.24) is 4.98 Å². The zero-order valence-electron chi connectivity index (χ0n) is 5.45. The lowest BCUT2D eigenvalue weighted by molar-refractivity contribution is 0.1000. The molecule has 1 rings (SSSR count). The van der Waals surface area contributed by atoms with Crippen LogP contribution in [-0.4, -0.2) is 10.9 Å². The number of aromatic nitrogens is 1. The summed E-state index contributed by atoms with van der Waals surface area (Å²) in [4.78, 5) is 14.1. The summed E-state index contributed by atoms with van der Waals surface area (Å²) >= 11 is 0.